The molecule has 1 atom stereocenters. The lowest BCUT2D eigenvalue weighted by Gasteiger charge is -2.18. The van der Waals surface area contributed by atoms with E-state index in [0.717, 1.165) is 22.3 Å². The highest BCUT2D eigenvalue weighted by Gasteiger charge is 2.19. The predicted octanol–water partition coefficient (Wildman–Crippen LogP) is 7.02. The SMILES string of the molecule is CCOCc1ccc(-c2ccc(CCc3ccc(C4=CCC(O)CC4)c(F)c3F)cc2)c(F)c1. The molecule has 0 saturated carbocycles. The topological polar surface area (TPSA) is 29.5 Å². The Balaban J connectivity index is 1.42. The van der Waals surface area contributed by atoms with Crippen molar-refractivity contribution in [3.63, 3.8) is 0 Å². The Hall–Kier alpha value is -2.89. The van der Waals surface area contributed by atoms with E-state index in [1.807, 2.05) is 37.3 Å². The number of ether oxygens (including phenoxy) is 1. The highest BCUT2D eigenvalue weighted by Crippen LogP contribution is 2.31. The number of aryl methyl sites for hydroxylation is 2. The third-order valence-corrected chi connectivity index (χ3v) is 6.35. The van der Waals surface area contributed by atoms with Crippen LogP contribution in [0.2, 0.25) is 0 Å². The minimum atomic E-state index is -0.821. The van der Waals surface area contributed by atoms with Gasteiger partial charge in [0.25, 0.3) is 0 Å². The van der Waals surface area contributed by atoms with Gasteiger partial charge in [-0.1, -0.05) is 54.6 Å². The van der Waals surface area contributed by atoms with Gasteiger partial charge in [0.15, 0.2) is 11.6 Å². The first-order valence-corrected chi connectivity index (χ1v) is 11.8. The number of benzene rings is 3. The molecule has 0 bridgehead atoms. The van der Waals surface area contributed by atoms with Crippen molar-refractivity contribution in [3.05, 3.63) is 100 Å². The molecule has 0 spiro atoms. The van der Waals surface area contributed by atoms with Gasteiger partial charge in [-0.05, 0) is 72.9 Å². The minimum Gasteiger partial charge on any atom is -0.393 e. The average Bonchev–Trinajstić information content (AvgIpc) is 2.85. The Bertz CT molecular complexity index is 1170. The van der Waals surface area contributed by atoms with Gasteiger partial charge in [0.05, 0.1) is 12.7 Å². The Morgan fingerprint density at radius 2 is 1.62 bits per heavy atom. The molecule has 0 amide bonds. The van der Waals surface area contributed by atoms with E-state index in [-0.39, 0.29) is 11.4 Å². The van der Waals surface area contributed by atoms with Crippen molar-refractivity contribution in [1.82, 2.24) is 0 Å². The number of hydrogen-bond acceptors (Lipinski definition) is 2. The molecule has 0 aromatic heterocycles. The van der Waals surface area contributed by atoms with E-state index >= 15 is 0 Å². The Morgan fingerprint density at radius 1 is 0.882 bits per heavy atom. The molecule has 4 rings (SSSR count). The third-order valence-electron chi connectivity index (χ3n) is 6.35. The van der Waals surface area contributed by atoms with Crippen LogP contribution in [0.15, 0.2) is 60.7 Å². The zero-order valence-electron chi connectivity index (χ0n) is 19.3. The number of halogens is 3. The summed E-state index contributed by atoms with van der Waals surface area (Å²) in [6, 6.07) is 15.9. The van der Waals surface area contributed by atoms with Crippen LogP contribution in [0.4, 0.5) is 13.2 Å². The van der Waals surface area contributed by atoms with Crippen molar-refractivity contribution in [2.24, 2.45) is 0 Å². The fourth-order valence-corrected chi connectivity index (χ4v) is 4.33. The maximum atomic E-state index is 14.7. The Morgan fingerprint density at radius 3 is 2.29 bits per heavy atom. The maximum Gasteiger partial charge on any atom is 0.166 e. The summed E-state index contributed by atoms with van der Waals surface area (Å²) < 4.78 is 49.3. The van der Waals surface area contributed by atoms with Crippen molar-refractivity contribution in [2.45, 2.75) is 51.7 Å². The molecule has 2 nitrogen and oxygen atoms in total. The molecule has 5 heteroatoms. The molecule has 3 aromatic rings. The monoisotopic (exact) mass is 466 g/mol. The van der Waals surface area contributed by atoms with Gasteiger partial charge in [0.1, 0.15) is 5.82 Å². The number of hydrogen-bond donors (Lipinski definition) is 1. The van der Waals surface area contributed by atoms with Crippen LogP contribution in [0, 0.1) is 17.5 Å². The summed E-state index contributed by atoms with van der Waals surface area (Å²) in [5.74, 6) is -1.93. The van der Waals surface area contributed by atoms with E-state index in [1.54, 1.807) is 24.3 Å². The lowest BCUT2D eigenvalue weighted by atomic mass is 9.90. The standard InChI is InChI=1S/C29H29F3O2/c1-2-34-18-20-6-15-25(27(30)17-20)21-7-3-19(4-8-21)5-9-23-12-16-26(29(32)28(23)31)22-10-13-24(33)14-11-22/h3-4,6-8,10,12,15-17,24,33H,2,5,9,11,13-14,18H2,1H3. The van der Waals surface area contributed by atoms with E-state index in [1.165, 1.54) is 6.07 Å². The van der Waals surface area contributed by atoms with E-state index in [0.29, 0.717) is 56.4 Å². The molecule has 1 unspecified atom stereocenters. The van der Waals surface area contributed by atoms with Crippen LogP contribution in [0.5, 0.6) is 0 Å². The van der Waals surface area contributed by atoms with Gasteiger partial charge >= 0.3 is 0 Å². The zero-order chi connectivity index (χ0) is 24.1. The number of allylic oxidation sites excluding steroid dienone is 1. The van der Waals surface area contributed by atoms with Gasteiger partial charge in [-0.3, -0.25) is 0 Å². The third kappa shape index (κ3) is 5.60. The van der Waals surface area contributed by atoms with Crippen molar-refractivity contribution < 1.29 is 23.0 Å². The molecule has 1 aliphatic rings. The van der Waals surface area contributed by atoms with E-state index in [9.17, 15) is 18.3 Å². The van der Waals surface area contributed by atoms with Crippen LogP contribution in [-0.2, 0) is 24.2 Å². The molecule has 0 radical (unpaired) electrons. The van der Waals surface area contributed by atoms with Crippen LogP contribution in [0.25, 0.3) is 16.7 Å². The van der Waals surface area contributed by atoms with Gasteiger partial charge in [-0.15, -0.1) is 0 Å². The molecular weight excluding hydrogens is 437 g/mol. The highest BCUT2D eigenvalue weighted by atomic mass is 19.2. The minimum absolute atomic E-state index is 0.284. The van der Waals surface area contributed by atoms with Gasteiger partial charge in [-0.2, -0.15) is 0 Å². The van der Waals surface area contributed by atoms with Gasteiger partial charge < -0.3 is 9.84 Å². The fraction of sp³-hybridized carbons (Fsp3) is 0.310. The molecule has 0 fully saturated rings. The molecule has 1 aliphatic carbocycles. The Labute approximate surface area is 198 Å². The lowest BCUT2D eigenvalue weighted by molar-refractivity contribution is 0.134. The van der Waals surface area contributed by atoms with Gasteiger partial charge in [0, 0.05) is 17.7 Å². The van der Waals surface area contributed by atoms with Crippen LogP contribution in [0.1, 0.15) is 48.4 Å². The first kappa shape index (κ1) is 24.2. The average molecular weight is 467 g/mol. The second-order valence-corrected chi connectivity index (χ2v) is 8.71. The first-order chi connectivity index (χ1) is 16.5. The van der Waals surface area contributed by atoms with E-state index in [2.05, 4.69) is 0 Å². The van der Waals surface area contributed by atoms with Crippen LogP contribution < -0.4 is 0 Å². The Kier molecular flexibility index (Phi) is 7.86. The second kappa shape index (κ2) is 11.0. The van der Waals surface area contributed by atoms with Gasteiger partial charge in [-0.25, -0.2) is 13.2 Å². The van der Waals surface area contributed by atoms with Crippen molar-refractivity contribution >= 4 is 5.57 Å². The summed E-state index contributed by atoms with van der Waals surface area (Å²) in [6.07, 6.45) is 3.86. The largest absolute Gasteiger partial charge is 0.393 e. The number of rotatable bonds is 8. The fourth-order valence-electron chi connectivity index (χ4n) is 4.33. The second-order valence-electron chi connectivity index (χ2n) is 8.71. The van der Waals surface area contributed by atoms with Crippen LogP contribution >= 0.6 is 0 Å². The summed E-state index contributed by atoms with van der Waals surface area (Å²) in [7, 11) is 0. The smallest absolute Gasteiger partial charge is 0.166 e. The first-order valence-electron chi connectivity index (χ1n) is 11.8. The summed E-state index contributed by atoms with van der Waals surface area (Å²) >= 11 is 0. The quantitative estimate of drug-likeness (QED) is 0.387. The van der Waals surface area contributed by atoms with Crippen LogP contribution in [-0.4, -0.2) is 17.8 Å². The molecule has 0 heterocycles. The number of aliphatic hydroxyl groups is 1. The maximum absolute atomic E-state index is 14.7. The predicted molar refractivity (Wildman–Crippen MR) is 129 cm³/mol. The van der Waals surface area contributed by atoms with E-state index < -0.39 is 17.7 Å². The van der Waals surface area contributed by atoms with E-state index in [4.69, 9.17) is 4.74 Å². The highest BCUT2D eigenvalue weighted by molar-refractivity contribution is 5.67. The molecule has 0 aliphatic heterocycles. The summed E-state index contributed by atoms with van der Waals surface area (Å²) in [5.41, 5.74) is 4.39. The summed E-state index contributed by atoms with van der Waals surface area (Å²) in [5, 5.41) is 9.62. The van der Waals surface area contributed by atoms with Crippen molar-refractivity contribution in [1.29, 1.82) is 0 Å². The van der Waals surface area contributed by atoms with Gasteiger partial charge in [0.2, 0.25) is 0 Å². The molecule has 0 saturated heterocycles. The van der Waals surface area contributed by atoms with Crippen molar-refractivity contribution in [2.75, 3.05) is 6.61 Å². The molecular formula is C29H29F3O2. The summed E-state index contributed by atoms with van der Waals surface area (Å²) in [6.45, 7) is 2.86. The molecule has 34 heavy (non-hydrogen) atoms. The molecule has 3 aromatic carbocycles. The van der Waals surface area contributed by atoms with Crippen LogP contribution in [0.3, 0.4) is 0 Å². The van der Waals surface area contributed by atoms with Crippen molar-refractivity contribution in [3.8, 4) is 11.1 Å². The normalized spacial score (nSPS) is 15.9. The lowest BCUT2D eigenvalue weighted by Crippen LogP contribution is -2.11. The number of aliphatic hydroxyl groups excluding tert-OH is 1. The zero-order valence-corrected chi connectivity index (χ0v) is 19.3. The summed E-state index contributed by atoms with van der Waals surface area (Å²) in [4.78, 5) is 0. The molecule has 178 valence electrons. The molecule has 1 N–H and O–H groups in total.